The Balaban J connectivity index is 2.56. The van der Waals surface area contributed by atoms with Gasteiger partial charge in [0, 0.05) is 11.5 Å². The second kappa shape index (κ2) is 3.28. The van der Waals surface area contributed by atoms with Gasteiger partial charge in [-0.05, 0) is 35.0 Å². The molecule has 4 heteroatoms. The molecule has 0 bridgehead atoms. The van der Waals surface area contributed by atoms with Crippen LogP contribution in [0.5, 0.6) is 0 Å². The van der Waals surface area contributed by atoms with Gasteiger partial charge in [0.05, 0.1) is 11.4 Å². The Kier molecular flexibility index (Phi) is 2.23. The van der Waals surface area contributed by atoms with E-state index in [0.29, 0.717) is 0 Å². The smallest absolute Gasteiger partial charge is 0.248 e. The molecule has 0 aliphatic carbocycles. The Morgan fingerprint density at radius 1 is 1.50 bits per heavy atom. The third-order valence-corrected chi connectivity index (χ3v) is 3.08. The molecule has 0 spiro atoms. The van der Waals surface area contributed by atoms with Crippen LogP contribution in [-0.4, -0.2) is 19.0 Å². The highest BCUT2D eigenvalue weighted by Crippen LogP contribution is 2.36. The molecule has 2 rings (SSSR count). The summed E-state index contributed by atoms with van der Waals surface area (Å²) in [7, 11) is 1.80. The van der Waals surface area contributed by atoms with E-state index in [1.807, 2.05) is 25.1 Å². The number of fused-ring (bicyclic) bond motifs is 1. The van der Waals surface area contributed by atoms with Gasteiger partial charge in [-0.3, -0.25) is 4.79 Å². The number of benzene rings is 1. The molecular formula is C10H11BrN2O. The number of carbonyl (C=O) groups is 1. The number of anilines is 2. The number of hydrogen-bond acceptors (Lipinski definition) is 2. The van der Waals surface area contributed by atoms with Gasteiger partial charge < -0.3 is 10.2 Å². The Morgan fingerprint density at radius 2 is 2.21 bits per heavy atom. The maximum atomic E-state index is 11.6. The van der Waals surface area contributed by atoms with Gasteiger partial charge in [-0.2, -0.15) is 0 Å². The largest absolute Gasteiger partial charge is 0.371 e. The molecule has 1 atom stereocenters. The minimum absolute atomic E-state index is 0.0931. The molecule has 3 nitrogen and oxygen atoms in total. The summed E-state index contributed by atoms with van der Waals surface area (Å²) in [5.41, 5.74) is 1.91. The molecule has 14 heavy (non-hydrogen) atoms. The van der Waals surface area contributed by atoms with Crippen molar-refractivity contribution in [2.24, 2.45) is 0 Å². The predicted molar refractivity (Wildman–Crippen MR) is 60.6 cm³/mol. The summed E-state index contributed by atoms with van der Waals surface area (Å²) >= 11 is 3.46. The summed E-state index contributed by atoms with van der Waals surface area (Å²) in [5, 5.41) is 3.17. The first-order chi connectivity index (χ1) is 6.61. The maximum Gasteiger partial charge on any atom is 0.248 e. The number of amides is 1. The number of hydrogen-bond donors (Lipinski definition) is 1. The molecule has 1 amide bonds. The number of nitrogens with one attached hydrogen (secondary N) is 1. The number of carbonyl (C=O) groups excluding carboxylic acids is 1. The Labute approximate surface area is 91.2 Å². The quantitative estimate of drug-likeness (QED) is 0.770. The first-order valence-electron chi connectivity index (χ1n) is 4.44. The van der Waals surface area contributed by atoms with Crippen LogP contribution >= 0.6 is 15.9 Å². The van der Waals surface area contributed by atoms with E-state index in [2.05, 4.69) is 21.2 Å². The normalized spacial score (nSPS) is 20.4. The van der Waals surface area contributed by atoms with E-state index in [1.165, 1.54) is 0 Å². The Hall–Kier alpha value is -1.03. The predicted octanol–water partition coefficient (Wildman–Crippen LogP) is 2.23. The van der Waals surface area contributed by atoms with Gasteiger partial charge in [-0.25, -0.2) is 0 Å². The minimum Gasteiger partial charge on any atom is -0.371 e. The second-order valence-electron chi connectivity index (χ2n) is 3.40. The molecule has 0 saturated heterocycles. The molecule has 1 aliphatic rings. The van der Waals surface area contributed by atoms with Crippen LogP contribution in [-0.2, 0) is 4.79 Å². The number of likely N-dealkylation sites (N-methyl/N-ethyl adjacent to an activating group) is 1. The average Bonchev–Trinajstić information content (AvgIpc) is 2.17. The summed E-state index contributed by atoms with van der Waals surface area (Å²) < 4.78 is 0.987. The van der Waals surface area contributed by atoms with Crippen molar-refractivity contribution in [3.8, 4) is 0 Å². The average molecular weight is 255 g/mol. The molecule has 74 valence electrons. The molecule has 0 aromatic heterocycles. The fourth-order valence-electron chi connectivity index (χ4n) is 1.62. The van der Waals surface area contributed by atoms with Gasteiger partial charge in [0.15, 0.2) is 0 Å². The molecule has 1 heterocycles. The molecule has 0 radical (unpaired) electrons. The van der Waals surface area contributed by atoms with Crippen LogP contribution in [0.15, 0.2) is 22.7 Å². The SMILES string of the molecule is CC1Nc2c(Br)cccc2N(C)C1=O. The summed E-state index contributed by atoms with van der Waals surface area (Å²) in [5.74, 6) is 0.0931. The van der Waals surface area contributed by atoms with E-state index in [9.17, 15) is 4.79 Å². The highest BCUT2D eigenvalue weighted by molar-refractivity contribution is 9.10. The second-order valence-corrected chi connectivity index (χ2v) is 4.25. The third kappa shape index (κ3) is 1.30. The van der Waals surface area contributed by atoms with Crippen molar-refractivity contribution >= 4 is 33.2 Å². The van der Waals surface area contributed by atoms with Crippen LogP contribution in [0.4, 0.5) is 11.4 Å². The van der Waals surface area contributed by atoms with Crippen LogP contribution in [0.1, 0.15) is 6.92 Å². The van der Waals surface area contributed by atoms with Gasteiger partial charge in [-0.1, -0.05) is 6.07 Å². The fourth-order valence-corrected chi connectivity index (χ4v) is 2.09. The van der Waals surface area contributed by atoms with Crippen LogP contribution in [0.3, 0.4) is 0 Å². The first kappa shape index (κ1) is 9.52. The van der Waals surface area contributed by atoms with E-state index in [4.69, 9.17) is 0 Å². The topological polar surface area (TPSA) is 32.3 Å². The highest BCUT2D eigenvalue weighted by atomic mass is 79.9. The molecule has 0 saturated carbocycles. The van der Waals surface area contributed by atoms with Crippen LogP contribution in [0, 0.1) is 0 Å². The number of para-hydroxylation sites is 1. The van der Waals surface area contributed by atoms with Crippen molar-refractivity contribution in [3.05, 3.63) is 22.7 Å². The van der Waals surface area contributed by atoms with Crippen molar-refractivity contribution in [1.29, 1.82) is 0 Å². The first-order valence-corrected chi connectivity index (χ1v) is 5.23. The standard InChI is InChI=1S/C10H11BrN2O/c1-6-10(14)13(2)8-5-3-4-7(11)9(8)12-6/h3-6,12H,1-2H3. The van der Waals surface area contributed by atoms with Crippen molar-refractivity contribution in [2.75, 3.05) is 17.3 Å². The van der Waals surface area contributed by atoms with Crippen molar-refractivity contribution in [2.45, 2.75) is 13.0 Å². The summed E-state index contributed by atoms with van der Waals surface area (Å²) in [6.07, 6.45) is 0. The summed E-state index contributed by atoms with van der Waals surface area (Å²) in [6, 6.07) is 5.65. The van der Waals surface area contributed by atoms with Gasteiger partial charge >= 0.3 is 0 Å². The van der Waals surface area contributed by atoms with Crippen molar-refractivity contribution < 1.29 is 4.79 Å². The number of nitrogens with zero attached hydrogens (tertiary/aromatic N) is 1. The van der Waals surface area contributed by atoms with E-state index in [1.54, 1.807) is 11.9 Å². The van der Waals surface area contributed by atoms with Crippen LogP contribution < -0.4 is 10.2 Å². The zero-order valence-corrected chi connectivity index (χ0v) is 9.63. The minimum atomic E-state index is -0.161. The van der Waals surface area contributed by atoms with Gasteiger partial charge in [0.25, 0.3) is 0 Å². The molecule has 0 fully saturated rings. The molecule has 1 unspecified atom stereocenters. The molecule has 1 N–H and O–H groups in total. The fraction of sp³-hybridized carbons (Fsp3) is 0.300. The van der Waals surface area contributed by atoms with E-state index in [0.717, 1.165) is 15.8 Å². The summed E-state index contributed by atoms with van der Waals surface area (Å²) in [6.45, 7) is 1.86. The molecular weight excluding hydrogens is 244 g/mol. The number of halogens is 1. The third-order valence-electron chi connectivity index (χ3n) is 2.41. The monoisotopic (exact) mass is 254 g/mol. The molecule has 1 aromatic rings. The van der Waals surface area contributed by atoms with Crippen LogP contribution in [0.2, 0.25) is 0 Å². The van der Waals surface area contributed by atoms with Gasteiger partial charge in [0.1, 0.15) is 6.04 Å². The van der Waals surface area contributed by atoms with Crippen molar-refractivity contribution in [1.82, 2.24) is 0 Å². The highest BCUT2D eigenvalue weighted by Gasteiger charge is 2.27. The lowest BCUT2D eigenvalue weighted by Crippen LogP contribution is -2.43. The van der Waals surface area contributed by atoms with E-state index in [-0.39, 0.29) is 11.9 Å². The Bertz CT molecular complexity index is 392. The van der Waals surface area contributed by atoms with E-state index < -0.39 is 0 Å². The zero-order valence-electron chi connectivity index (χ0n) is 8.04. The number of rotatable bonds is 0. The molecule has 1 aromatic carbocycles. The lowest BCUT2D eigenvalue weighted by Gasteiger charge is -2.31. The lowest BCUT2D eigenvalue weighted by atomic mass is 10.1. The Morgan fingerprint density at radius 3 is 2.93 bits per heavy atom. The van der Waals surface area contributed by atoms with Crippen LogP contribution in [0.25, 0.3) is 0 Å². The van der Waals surface area contributed by atoms with Crippen molar-refractivity contribution in [3.63, 3.8) is 0 Å². The van der Waals surface area contributed by atoms with Gasteiger partial charge in [-0.15, -0.1) is 0 Å². The lowest BCUT2D eigenvalue weighted by molar-refractivity contribution is -0.118. The van der Waals surface area contributed by atoms with E-state index >= 15 is 0 Å². The van der Waals surface area contributed by atoms with Gasteiger partial charge in [0.2, 0.25) is 5.91 Å². The summed E-state index contributed by atoms with van der Waals surface area (Å²) in [4.78, 5) is 13.3. The molecule has 1 aliphatic heterocycles. The zero-order chi connectivity index (χ0) is 10.3. The maximum absolute atomic E-state index is 11.6.